The van der Waals surface area contributed by atoms with Gasteiger partial charge in [0.25, 0.3) is 0 Å². The van der Waals surface area contributed by atoms with E-state index in [0.29, 0.717) is 23.3 Å². The van der Waals surface area contributed by atoms with Crippen molar-refractivity contribution in [2.45, 2.75) is 32.2 Å². The van der Waals surface area contributed by atoms with E-state index in [1.54, 1.807) is 25.1 Å². The van der Waals surface area contributed by atoms with Gasteiger partial charge in [0, 0.05) is 11.1 Å². The zero-order valence-corrected chi connectivity index (χ0v) is 14.3. The van der Waals surface area contributed by atoms with Crippen molar-refractivity contribution >= 4 is 21.5 Å². The minimum absolute atomic E-state index is 0.0277. The Balaban J connectivity index is 2.14. The van der Waals surface area contributed by atoms with Gasteiger partial charge in [0.05, 0.1) is 30.6 Å². The van der Waals surface area contributed by atoms with Crippen LogP contribution in [-0.2, 0) is 21.1 Å². The van der Waals surface area contributed by atoms with E-state index in [9.17, 15) is 18.0 Å². The number of amides is 1. The fourth-order valence-electron chi connectivity index (χ4n) is 2.80. The van der Waals surface area contributed by atoms with Crippen molar-refractivity contribution in [1.82, 2.24) is 5.32 Å². The highest BCUT2D eigenvalue weighted by Gasteiger charge is 2.39. The molecule has 6 nitrogen and oxygen atoms in total. The molecule has 1 aromatic carbocycles. The van der Waals surface area contributed by atoms with Crippen LogP contribution < -0.4 is 10.1 Å². The van der Waals surface area contributed by atoms with Gasteiger partial charge in [0.1, 0.15) is 5.75 Å². The van der Waals surface area contributed by atoms with Crippen molar-refractivity contribution < 1.29 is 22.7 Å². The molecule has 0 bridgehead atoms. The van der Waals surface area contributed by atoms with Crippen LogP contribution in [0.4, 0.5) is 0 Å². The zero-order valence-electron chi connectivity index (χ0n) is 13.5. The highest BCUT2D eigenvalue weighted by molar-refractivity contribution is 7.91. The molecule has 1 heterocycles. The van der Waals surface area contributed by atoms with E-state index in [2.05, 4.69) is 5.32 Å². The molecule has 2 rings (SSSR count). The molecule has 0 radical (unpaired) electrons. The molecule has 0 aromatic heterocycles. The smallest absolute Gasteiger partial charge is 0.225 e. The first-order chi connectivity index (χ1) is 10.6. The van der Waals surface area contributed by atoms with Crippen LogP contribution in [0.2, 0.25) is 0 Å². The van der Waals surface area contributed by atoms with Crippen molar-refractivity contribution in [3.8, 4) is 5.75 Å². The number of Topliss-reactive ketones (excluding diaryl/α,β-unsaturated/α-hetero) is 1. The van der Waals surface area contributed by atoms with Crippen LogP contribution in [0.5, 0.6) is 5.75 Å². The summed E-state index contributed by atoms with van der Waals surface area (Å²) in [5.41, 5.74) is 0.367. The van der Waals surface area contributed by atoms with Crippen LogP contribution in [0.15, 0.2) is 18.2 Å². The molecule has 0 unspecified atom stereocenters. The average Bonchev–Trinajstić information content (AvgIpc) is 2.71. The number of sulfone groups is 1. The number of hydrogen-bond donors (Lipinski definition) is 1. The molecular formula is C16H21NO5S. The molecule has 1 N–H and O–H groups in total. The predicted octanol–water partition coefficient (Wildman–Crippen LogP) is 1.13. The standard InChI is InChI=1S/C16H21NO5S/c1-11(18)12-4-5-14(22-3)13(8-12)9-15(19)17-16(2)6-7-23(20,21)10-16/h4-5,8H,6-7,9-10H2,1-3H3,(H,17,19)/t16-/m1/s1. The van der Waals surface area contributed by atoms with Crippen molar-refractivity contribution in [3.63, 3.8) is 0 Å². The van der Waals surface area contributed by atoms with Gasteiger partial charge in [-0.05, 0) is 38.5 Å². The Morgan fingerprint density at radius 1 is 1.35 bits per heavy atom. The Hall–Kier alpha value is -1.89. The summed E-state index contributed by atoms with van der Waals surface area (Å²) in [4.78, 5) is 23.8. The maximum atomic E-state index is 12.3. The molecule has 1 aliphatic heterocycles. The van der Waals surface area contributed by atoms with Gasteiger partial charge in [-0.15, -0.1) is 0 Å². The van der Waals surface area contributed by atoms with Crippen LogP contribution in [-0.4, -0.2) is 44.3 Å². The molecule has 1 atom stereocenters. The van der Waals surface area contributed by atoms with Gasteiger partial charge in [-0.3, -0.25) is 9.59 Å². The first kappa shape index (κ1) is 17.5. The number of hydrogen-bond acceptors (Lipinski definition) is 5. The Kier molecular flexibility index (Phi) is 4.79. The van der Waals surface area contributed by atoms with Crippen LogP contribution in [0.25, 0.3) is 0 Å². The van der Waals surface area contributed by atoms with Crippen molar-refractivity contribution in [2.24, 2.45) is 0 Å². The second kappa shape index (κ2) is 6.31. The first-order valence-electron chi connectivity index (χ1n) is 7.33. The Morgan fingerprint density at radius 3 is 2.57 bits per heavy atom. The van der Waals surface area contributed by atoms with Gasteiger partial charge >= 0.3 is 0 Å². The number of rotatable bonds is 5. The minimum atomic E-state index is -3.09. The van der Waals surface area contributed by atoms with Gasteiger partial charge in [0.2, 0.25) is 5.91 Å². The Morgan fingerprint density at radius 2 is 2.04 bits per heavy atom. The lowest BCUT2D eigenvalue weighted by atomic mass is 10.00. The van der Waals surface area contributed by atoms with E-state index < -0.39 is 15.4 Å². The lowest BCUT2D eigenvalue weighted by molar-refractivity contribution is -0.121. The van der Waals surface area contributed by atoms with Gasteiger partial charge < -0.3 is 10.1 Å². The van der Waals surface area contributed by atoms with Crippen LogP contribution in [0, 0.1) is 0 Å². The zero-order chi connectivity index (χ0) is 17.3. The van der Waals surface area contributed by atoms with Crippen LogP contribution >= 0.6 is 0 Å². The highest BCUT2D eigenvalue weighted by Crippen LogP contribution is 2.24. The molecule has 23 heavy (non-hydrogen) atoms. The van der Waals surface area contributed by atoms with Gasteiger partial charge in [0.15, 0.2) is 15.6 Å². The van der Waals surface area contributed by atoms with Gasteiger partial charge in [-0.25, -0.2) is 8.42 Å². The van der Waals surface area contributed by atoms with Gasteiger partial charge in [-0.2, -0.15) is 0 Å². The third kappa shape index (κ3) is 4.31. The normalized spacial score (nSPS) is 22.6. The highest BCUT2D eigenvalue weighted by atomic mass is 32.2. The number of benzene rings is 1. The summed E-state index contributed by atoms with van der Waals surface area (Å²) in [5.74, 6) is 0.185. The van der Waals surface area contributed by atoms with Crippen molar-refractivity contribution in [2.75, 3.05) is 18.6 Å². The molecular weight excluding hydrogens is 318 g/mol. The first-order valence-corrected chi connectivity index (χ1v) is 9.15. The molecule has 1 aromatic rings. The Bertz CT molecular complexity index is 741. The fraction of sp³-hybridized carbons (Fsp3) is 0.500. The molecule has 7 heteroatoms. The fourth-order valence-corrected chi connectivity index (χ4v) is 4.89. The quantitative estimate of drug-likeness (QED) is 0.813. The van der Waals surface area contributed by atoms with Crippen LogP contribution in [0.1, 0.15) is 36.2 Å². The van der Waals surface area contributed by atoms with E-state index in [1.165, 1.54) is 14.0 Å². The monoisotopic (exact) mass is 339 g/mol. The van der Waals surface area contributed by atoms with Crippen LogP contribution in [0.3, 0.4) is 0 Å². The average molecular weight is 339 g/mol. The number of methoxy groups -OCH3 is 1. The summed E-state index contributed by atoms with van der Waals surface area (Å²) >= 11 is 0. The topological polar surface area (TPSA) is 89.5 Å². The SMILES string of the molecule is COc1ccc(C(C)=O)cc1CC(=O)N[C@]1(C)CCS(=O)(=O)C1. The molecule has 0 aliphatic carbocycles. The third-order valence-electron chi connectivity index (χ3n) is 3.98. The van der Waals surface area contributed by atoms with Crippen molar-refractivity contribution in [3.05, 3.63) is 29.3 Å². The molecule has 1 saturated heterocycles. The van der Waals surface area contributed by atoms with E-state index in [1.807, 2.05) is 0 Å². The minimum Gasteiger partial charge on any atom is -0.496 e. The molecule has 1 fully saturated rings. The maximum absolute atomic E-state index is 12.3. The maximum Gasteiger partial charge on any atom is 0.225 e. The van der Waals surface area contributed by atoms with E-state index in [0.717, 1.165) is 0 Å². The lowest BCUT2D eigenvalue weighted by Crippen LogP contribution is -2.47. The molecule has 1 aliphatic rings. The summed E-state index contributed by atoms with van der Waals surface area (Å²) in [6.07, 6.45) is 0.436. The summed E-state index contributed by atoms with van der Waals surface area (Å²) in [7, 11) is -1.59. The number of ether oxygens (including phenoxy) is 1. The van der Waals surface area contributed by atoms with E-state index in [-0.39, 0.29) is 29.6 Å². The summed E-state index contributed by atoms with van der Waals surface area (Å²) in [5, 5.41) is 2.80. The van der Waals surface area contributed by atoms with E-state index in [4.69, 9.17) is 4.74 Å². The second-order valence-corrected chi connectivity index (χ2v) is 8.39. The molecule has 1 amide bonds. The van der Waals surface area contributed by atoms with Gasteiger partial charge in [-0.1, -0.05) is 0 Å². The number of nitrogens with one attached hydrogen (secondary N) is 1. The summed E-state index contributed by atoms with van der Waals surface area (Å²) in [6, 6.07) is 4.93. The third-order valence-corrected chi connectivity index (χ3v) is 5.89. The number of carbonyl (C=O) groups is 2. The summed E-state index contributed by atoms with van der Waals surface area (Å²) < 4.78 is 28.4. The molecule has 0 spiro atoms. The predicted molar refractivity (Wildman–Crippen MR) is 86.5 cm³/mol. The Labute approximate surface area is 136 Å². The number of carbonyl (C=O) groups excluding carboxylic acids is 2. The van der Waals surface area contributed by atoms with E-state index >= 15 is 0 Å². The molecule has 0 saturated carbocycles. The number of ketones is 1. The largest absolute Gasteiger partial charge is 0.496 e. The van der Waals surface area contributed by atoms with Crippen molar-refractivity contribution in [1.29, 1.82) is 0 Å². The second-order valence-electron chi connectivity index (χ2n) is 6.21. The summed E-state index contributed by atoms with van der Waals surface area (Å²) in [6.45, 7) is 3.19. The molecule has 126 valence electrons. The lowest BCUT2D eigenvalue weighted by Gasteiger charge is -2.24.